The fraction of sp³-hybridized carbons (Fsp3) is 0.152. The van der Waals surface area contributed by atoms with Gasteiger partial charge in [0.1, 0.15) is 17.1 Å². The van der Waals surface area contributed by atoms with Crippen LogP contribution >= 0.6 is 0 Å². The molecule has 0 aliphatic rings. The van der Waals surface area contributed by atoms with Crippen LogP contribution in [0.2, 0.25) is 0 Å². The van der Waals surface area contributed by atoms with Gasteiger partial charge in [0.15, 0.2) is 0 Å². The van der Waals surface area contributed by atoms with Crippen molar-refractivity contribution < 1.29 is 14.6 Å². The molecule has 0 bridgehead atoms. The second-order valence-electron chi connectivity index (χ2n) is 9.18. The molecule has 0 amide bonds. The predicted molar refractivity (Wildman–Crippen MR) is 147 cm³/mol. The van der Waals surface area contributed by atoms with Crippen molar-refractivity contribution in [3.63, 3.8) is 0 Å². The molecule has 3 heteroatoms. The normalized spacial score (nSPS) is 12.8. The van der Waals surface area contributed by atoms with Gasteiger partial charge in [-0.15, -0.1) is 0 Å². The Morgan fingerprint density at radius 3 is 1.92 bits per heavy atom. The number of hydrogen-bond acceptors (Lipinski definition) is 3. The first-order chi connectivity index (χ1) is 17.5. The standard InChI is InChI=1S/C33H30O3/c1-22-10-13-26(14-11-22)33(34,25-8-6-5-7-9-25)32-21-28(36-4)16-19-31(32)30-17-12-24-20-27(35-3)15-18-29(24)23(30)2/h5-21,34H,1-4H3. The summed E-state index contributed by atoms with van der Waals surface area (Å²) in [5.74, 6) is 1.52. The van der Waals surface area contributed by atoms with E-state index in [0.29, 0.717) is 5.75 Å². The zero-order chi connectivity index (χ0) is 25.3. The molecule has 0 aromatic heterocycles. The second kappa shape index (κ2) is 9.52. The van der Waals surface area contributed by atoms with E-state index >= 15 is 0 Å². The summed E-state index contributed by atoms with van der Waals surface area (Å²) in [5.41, 5.74) is 5.28. The molecule has 0 aliphatic carbocycles. The number of benzene rings is 5. The third-order valence-electron chi connectivity index (χ3n) is 7.06. The summed E-state index contributed by atoms with van der Waals surface area (Å²) in [6.45, 7) is 4.18. The van der Waals surface area contributed by atoms with Gasteiger partial charge in [0, 0.05) is 5.56 Å². The predicted octanol–water partition coefficient (Wildman–Crippen LogP) is 7.43. The van der Waals surface area contributed by atoms with Gasteiger partial charge >= 0.3 is 0 Å². The maximum Gasteiger partial charge on any atom is 0.141 e. The summed E-state index contributed by atoms with van der Waals surface area (Å²) < 4.78 is 11.1. The molecule has 5 rings (SSSR count). The molecule has 36 heavy (non-hydrogen) atoms. The van der Waals surface area contributed by atoms with E-state index < -0.39 is 5.60 Å². The van der Waals surface area contributed by atoms with Gasteiger partial charge < -0.3 is 14.6 Å². The molecule has 5 aromatic carbocycles. The first-order valence-electron chi connectivity index (χ1n) is 12.1. The van der Waals surface area contributed by atoms with E-state index in [1.165, 1.54) is 0 Å². The molecule has 0 saturated heterocycles. The summed E-state index contributed by atoms with van der Waals surface area (Å²) in [5, 5.41) is 14.9. The average molecular weight is 475 g/mol. The minimum atomic E-state index is -1.39. The van der Waals surface area contributed by atoms with Gasteiger partial charge in [-0.3, -0.25) is 0 Å². The van der Waals surface area contributed by atoms with E-state index in [4.69, 9.17) is 9.47 Å². The van der Waals surface area contributed by atoms with E-state index in [0.717, 1.165) is 55.5 Å². The Hall–Kier alpha value is -4.08. The van der Waals surface area contributed by atoms with Gasteiger partial charge in [-0.2, -0.15) is 0 Å². The number of rotatable bonds is 6. The molecular formula is C33H30O3. The number of aryl methyl sites for hydroxylation is 2. The van der Waals surface area contributed by atoms with Gasteiger partial charge in [0.25, 0.3) is 0 Å². The quantitative estimate of drug-likeness (QED) is 0.260. The van der Waals surface area contributed by atoms with Gasteiger partial charge in [0.2, 0.25) is 0 Å². The monoisotopic (exact) mass is 474 g/mol. The zero-order valence-corrected chi connectivity index (χ0v) is 21.1. The SMILES string of the molecule is COc1ccc(-c2ccc3cc(OC)ccc3c2C)c(C(O)(c2ccccc2)c2ccc(C)cc2)c1. The first kappa shape index (κ1) is 23.7. The molecule has 1 N–H and O–H groups in total. The third kappa shape index (κ3) is 4.02. The topological polar surface area (TPSA) is 38.7 Å². The molecule has 0 saturated carbocycles. The van der Waals surface area contributed by atoms with Gasteiger partial charge in [0.05, 0.1) is 14.2 Å². The Morgan fingerprint density at radius 1 is 0.611 bits per heavy atom. The lowest BCUT2D eigenvalue weighted by Gasteiger charge is -2.33. The Labute approximate surface area is 212 Å². The van der Waals surface area contributed by atoms with Crippen molar-refractivity contribution in [1.82, 2.24) is 0 Å². The highest BCUT2D eigenvalue weighted by molar-refractivity contribution is 5.93. The Bertz CT molecular complexity index is 1520. The van der Waals surface area contributed by atoms with Crippen molar-refractivity contribution in [2.24, 2.45) is 0 Å². The maximum atomic E-state index is 12.7. The summed E-state index contributed by atoms with van der Waals surface area (Å²) in [6, 6.07) is 34.3. The fourth-order valence-electron chi connectivity index (χ4n) is 5.02. The molecule has 180 valence electrons. The van der Waals surface area contributed by atoms with Crippen molar-refractivity contribution >= 4 is 10.8 Å². The van der Waals surface area contributed by atoms with Crippen LogP contribution in [0, 0.1) is 13.8 Å². The Kier molecular flexibility index (Phi) is 6.26. The van der Waals surface area contributed by atoms with Crippen LogP contribution in [0.3, 0.4) is 0 Å². The Morgan fingerprint density at radius 2 is 1.22 bits per heavy atom. The number of aliphatic hydroxyl groups is 1. The van der Waals surface area contributed by atoms with Crippen LogP contribution < -0.4 is 9.47 Å². The van der Waals surface area contributed by atoms with E-state index in [2.05, 4.69) is 32.0 Å². The fourth-order valence-corrected chi connectivity index (χ4v) is 5.02. The minimum Gasteiger partial charge on any atom is -0.497 e. The van der Waals surface area contributed by atoms with E-state index in [9.17, 15) is 5.11 Å². The van der Waals surface area contributed by atoms with Crippen molar-refractivity contribution in [2.45, 2.75) is 19.4 Å². The minimum absolute atomic E-state index is 0.693. The van der Waals surface area contributed by atoms with Crippen molar-refractivity contribution in [3.8, 4) is 22.6 Å². The van der Waals surface area contributed by atoms with Crippen molar-refractivity contribution in [2.75, 3.05) is 14.2 Å². The van der Waals surface area contributed by atoms with E-state index in [-0.39, 0.29) is 0 Å². The molecule has 0 heterocycles. The van der Waals surface area contributed by atoms with Crippen LogP contribution in [-0.2, 0) is 5.60 Å². The smallest absolute Gasteiger partial charge is 0.141 e. The molecule has 5 aromatic rings. The molecule has 1 unspecified atom stereocenters. The average Bonchev–Trinajstić information content (AvgIpc) is 2.93. The summed E-state index contributed by atoms with van der Waals surface area (Å²) in [4.78, 5) is 0. The van der Waals surface area contributed by atoms with Crippen LogP contribution in [-0.4, -0.2) is 19.3 Å². The van der Waals surface area contributed by atoms with Gasteiger partial charge in [-0.1, -0.05) is 84.4 Å². The molecule has 0 fully saturated rings. The largest absolute Gasteiger partial charge is 0.497 e. The van der Waals surface area contributed by atoms with Crippen LogP contribution in [0.25, 0.3) is 21.9 Å². The van der Waals surface area contributed by atoms with Crippen LogP contribution in [0.4, 0.5) is 0 Å². The molecule has 0 spiro atoms. The van der Waals surface area contributed by atoms with Gasteiger partial charge in [-0.05, 0) is 76.7 Å². The molecule has 0 aliphatic heterocycles. The molecule has 0 radical (unpaired) electrons. The molecule has 3 nitrogen and oxygen atoms in total. The lowest BCUT2D eigenvalue weighted by atomic mass is 9.76. The van der Waals surface area contributed by atoms with E-state index in [1.807, 2.05) is 84.9 Å². The highest BCUT2D eigenvalue weighted by Gasteiger charge is 2.36. The van der Waals surface area contributed by atoms with Crippen molar-refractivity contribution in [1.29, 1.82) is 0 Å². The third-order valence-corrected chi connectivity index (χ3v) is 7.06. The van der Waals surface area contributed by atoms with Crippen LogP contribution in [0.5, 0.6) is 11.5 Å². The lowest BCUT2D eigenvalue weighted by Crippen LogP contribution is -2.29. The number of fused-ring (bicyclic) bond motifs is 1. The van der Waals surface area contributed by atoms with Crippen molar-refractivity contribution in [3.05, 3.63) is 131 Å². The van der Waals surface area contributed by atoms with Gasteiger partial charge in [-0.25, -0.2) is 0 Å². The number of hydrogen-bond donors (Lipinski definition) is 1. The second-order valence-corrected chi connectivity index (χ2v) is 9.18. The summed E-state index contributed by atoms with van der Waals surface area (Å²) in [6.07, 6.45) is 0. The zero-order valence-electron chi connectivity index (χ0n) is 21.1. The van der Waals surface area contributed by atoms with Crippen LogP contribution in [0.15, 0.2) is 103 Å². The van der Waals surface area contributed by atoms with Crippen LogP contribution in [0.1, 0.15) is 27.8 Å². The number of ether oxygens (including phenoxy) is 2. The maximum absolute atomic E-state index is 12.7. The highest BCUT2D eigenvalue weighted by atomic mass is 16.5. The first-order valence-corrected chi connectivity index (χ1v) is 12.1. The highest BCUT2D eigenvalue weighted by Crippen LogP contribution is 2.44. The van der Waals surface area contributed by atoms with E-state index in [1.54, 1.807) is 14.2 Å². The number of methoxy groups -OCH3 is 2. The molecule has 1 atom stereocenters. The Balaban J connectivity index is 1.81. The molecular weight excluding hydrogens is 444 g/mol. The lowest BCUT2D eigenvalue weighted by molar-refractivity contribution is 0.126. The summed E-state index contributed by atoms with van der Waals surface area (Å²) >= 11 is 0. The summed E-state index contributed by atoms with van der Waals surface area (Å²) in [7, 11) is 3.34.